The second-order valence-electron chi connectivity index (χ2n) is 4.61. The second-order valence-corrected chi connectivity index (χ2v) is 5.47. The summed E-state index contributed by atoms with van der Waals surface area (Å²) in [6, 6.07) is 12.3. The Bertz CT molecular complexity index is 730. The van der Waals surface area contributed by atoms with E-state index >= 15 is 0 Å². The number of nitrogens with zero attached hydrogens (tertiary/aromatic N) is 2. The summed E-state index contributed by atoms with van der Waals surface area (Å²) in [5.74, 6) is -0.387. The van der Waals surface area contributed by atoms with Gasteiger partial charge in [-0.25, -0.2) is 9.37 Å². The van der Waals surface area contributed by atoms with Crippen molar-refractivity contribution in [3.63, 3.8) is 0 Å². The predicted molar refractivity (Wildman–Crippen MR) is 80.4 cm³/mol. The minimum atomic E-state index is -0.616. The number of pyridine rings is 1. The molecule has 106 valence electrons. The molecule has 5 heteroatoms. The molecule has 3 aromatic rings. The predicted octanol–water partition coefficient (Wildman–Crippen LogP) is 3.62. The van der Waals surface area contributed by atoms with Crippen LogP contribution in [-0.2, 0) is 6.42 Å². The number of hydrogen-bond donors (Lipinski definition) is 1. The van der Waals surface area contributed by atoms with E-state index in [1.54, 1.807) is 6.07 Å². The average Bonchev–Trinajstić information content (AvgIpc) is 2.97. The first-order valence-corrected chi connectivity index (χ1v) is 7.40. The van der Waals surface area contributed by atoms with Crippen LogP contribution in [0, 0.1) is 5.82 Å². The first-order valence-electron chi connectivity index (χ1n) is 6.52. The summed E-state index contributed by atoms with van der Waals surface area (Å²) in [4.78, 5) is 8.37. The SMILES string of the molecule is OC(Cc1csc(-c2ncccc2F)n1)c1ccccc1. The second kappa shape index (κ2) is 6.11. The van der Waals surface area contributed by atoms with E-state index in [2.05, 4.69) is 9.97 Å². The molecule has 1 atom stereocenters. The van der Waals surface area contributed by atoms with Crippen molar-refractivity contribution in [2.24, 2.45) is 0 Å². The summed E-state index contributed by atoms with van der Waals surface area (Å²) < 4.78 is 13.7. The number of aliphatic hydroxyl groups is 1. The van der Waals surface area contributed by atoms with E-state index < -0.39 is 6.10 Å². The lowest BCUT2D eigenvalue weighted by atomic mass is 10.1. The van der Waals surface area contributed by atoms with Gasteiger partial charge in [-0.3, -0.25) is 4.98 Å². The summed E-state index contributed by atoms with van der Waals surface area (Å²) in [6.07, 6.45) is 1.32. The zero-order valence-corrected chi connectivity index (χ0v) is 11.9. The van der Waals surface area contributed by atoms with Crippen molar-refractivity contribution in [3.8, 4) is 10.7 Å². The summed E-state index contributed by atoms with van der Waals surface area (Å²) >= 11 is 1.33. The first kappa shape index (κ1) is 13.9. The van der Waals surface area contributed by atoms with E-state index in [4.69, 9.17) is 0 Å². The van der Waals surface area contributed by atoms with Gasteiger partial charge in [-0.15, -0.1) is 11.3 Å². The van der Waals surface area contributed by atoms with Crippen LogP contribution in [0.4, 0.5) is 4.39 Å². The molecular formula is C16H13FN2OS. The normalized spacial score (nSPS) is 12.3. The highest BCUT2D eigenvalue weighted by molar-refractivity contribution is 7.13. The average molecular weight is 300 g/mol. The Morgan fingerprint density at radius 1 is 1.14 bits per heavy atom. The molecule has 0 spiro atoms. The number of benzene rings is 1. The van der Waals surface area contributed by atoms with Crippen molar-refractivity contribution < 1.29 is 9.50 Å². The third-order valence-electron chi connectivity index (χ3n) is 3.10. The Morgan fingerprint density at radius 3 is 2.71 bits per heavy atom. The van der Waals surface area contributed by atoms with Crippen molar-refractivity contribution in [2.45, 2.75) is 12.5 Å². The van der Waals surface area contributed by atoms with Gasteiger partial charge >= 0.3 is 0 Å². The Labute approximate surface area is 125 Å². The molecule has 1 unspecified atom stereocenters. The lowest BCUT2D eigenvalue weighted by Gasteiger charge is -2.08. The zero-order valence-electron chi connectivity index (χ0n) is 11.1. The molecule has 0 saturated heterocycles. The molecule has 1 N–H and O–H groups in total. The summed E-state index contributed by atoms with van der Waals surface area (Å²) in [6.45, 7) is 0. The van der Waals surface area contributed by atoms with Crippen LogP contribution in [0.5, 0.6) is 0 Å². The Kier molecular flexibility index (Phi) is 4.03. The van der Waals surface area contributed by atoms with Gasteiger partial charge in [0.2, 0.25) is 0 Å². The molecule has 0 saturated carbocycles. The fourth-order valence-corrected chi connectivity index (χ4v) is 2.87. The third kappa shape index (κ3) is 3.15. The molecule has 3 nitrogen and oxygen atoms in total. The van der Waals surface area contributed by atoms with Crippen LogP contribution in [0.25, 0.3) is 10.7 Å². The fourth-order valence-electron chi connectivity index (χ4n) is 2.04. The van der Waals surface area contributed by atoms with E-state index in [1.807, 2.05) is 35.7 Å². The number of aromatic nitrogens is 2. The van der Waals surface area contributed by atoms with Gasteiger partial charge in [0.15, 0.2) is 5.82 Å². The maximum absolute atomic E-state index is 13.7. The number of aliphatic hydroxyl groups excluding tert-OH is 1. The van der Waals surface area contributed by atoms with Crippen molar-refractivity contribution in [3.05, 3.63) is 71.1 Å². The molecule has 0 fully saturated rings. The molecule has 3 rings (SSSR count). The molecule has 0 aliphatic rings. The van der Waals surface area contributed by atoms with E-state index in [9.17, 15) is 9.50 Å². The van der Waals surface area contributed by atoms with Crippen LogP contribution >= 0.6 is 11.3 Å². The topological polar surface area (TPSA) is 46.0 Å². The number of thiazole rings is 1. The molecule has 0 bridgehead atoms. The fraction of sp³-hybridized carbons (Fsp3) is 0.125. The van der Waals surface area contributed by atoms with Crippen molar-refractivity contribution >= 4 is 11.3 Å². The number of hydrogen-bond acceptors (Lipinski definition) is 4. The number of halogens is 1. The molecule has 0 aliphatic heterocycles. The van der Waals surface area contributed by atoms with Crippen molar-refractivity contribution in [2.75, 3.05) is 0 Å². The standard InChI is InChI=1S/C16H13FN2OS/c17-13-7-4-8-18-15(13)16-19-12(10-21-16)9-14(20)11-5-2-1-3-6-11/h1-8,10,14,20H,9H2. The van der Waals surface area contributed by atoms with Crippen LogP contribution in [0.3, 0.4) is 0 Å². The van der Waals surface area contributed by atoms with Gasteiger partial charge in [-0.05, 0) is 17.7 Å². The van der Waals surface area contributed by atoms with Gasteiger partial charge in [0.05, 0.1) is 11.8 Å². The quantitative estimate of drug-likeness (QED) is 0.800. The summed E-state index contributed by atoms with van der Waals surface area (Å²) in [7, 11) is 0. The molecular weight excluding hydrogens is 287 g/mol. The van der Waals surface area contributed by atoms with Crippen LogP contribution in [0.1, 0.15) is 17.4 Å². The van der Waals surface area contributed by atoms with E-state index in [0.29, 0.717) is 11.4 Å². The molecule has 2 aromatic heterocycles. The van der Waals surface area contributed by atoms with Gasteiger partial charge in [0.1, 0.15) is 10.7 Å². The summed E-state index contributed by atoms with van der Waals surface area (Å²) in [5, 5.41) is 12.5. The third-order valence-corrected chi connectivity index (χ3v) is 4.00. The highest BCUT2D eigenvalue weighted by atomic mass is 32.1. The van der Waals surface area contributed by atoms with Crippen LogP contribution in [0.2, 0.25) is 0 Å². The van der Waals surface area contributed by atoms with Gasteiger partial charge in [-0.1, -0.05) is 30.3 Å². The monoisotopic (exact) mass is 300 g/mol. The Hall–Kier alpha value is -2.11. The van der Waals surface area contributed by atoms with Crippen LogP contribution in [-0.4, -0.2) is 15.1 Å². The molecule has 0 radical (unpaired) electrons. The molecule has 2 heterocycles. The smallest absolute Gasteiger partial charge is 0.151 e. The zero-order chi connectivity index (χ0) is 14.7. The molecule has 0 amide bonds. The Balaban J connectivity index is 1.78. The molecule has 1 aromatic carbocycles. The lowest BCUT2D eigenvalue weighted by molar-refractivity contribution is 0.177. The van der Waals surface area contributed by atoms with Gasteiger partial charge < -0.3 is 5.11 Å². The maximum Gasteiger partial charge on any atom is 0.151 e. The minimum Gasteiger partial charge on any atom is -0.388 e. The highest BCUT2D eigenvalue weighted by Gasteiger charge is 2.14. The van der Waals surface area contributed by atoms with E-state index in [1.165, 1.54) is 23.6 Å². The van der Waals surface area contributed by atoms with E-state index in [0.717, 1.165) is 11.3 Å². The van der Waals surface area contributed by atoms with Gasteiger partial charge in [0.25, 0.3) is 0 Å². The Morgan fingerprint density at radius 2 is 1.95 bits per heavy atom. The largest absolute Gasteiger partial charge is 0.388 e. The van der Waals surface area contributed by atoms with Crippen molar-refractivity contribution in [1.29, 1.82) is 0 Å². The van der Waals surface area contributed by atoms with Crippen molar-refractivity contribution in [1.82, 2.24) is 9.97 Å². The summed E-state index contributed by atoms with van der Waals surface area (Å²) in [5.41, 5.74) is 1.83. The van der Waals surface area contributed by atoms with Crippen LogP contribution < -0.4 is 0 Å². The van der Waals surface area contributed by atoms with Crippen LogP contribution in [0.15, 0.2) is 54.0 Å². The molecule has 21 heavy (non-hydrogen) atoms. The van der Waals surface area contributed by atoms with Gasteiger partial charge in [-0.2, -0.15) is 0 Å². The van der Waals surface area contributed by atoms with Gasteiger partial charge in [0, 0.05) is 18.0 Å². The molecule has 0 aliphatic carbocycles. The lowest BCUT2D eigenvalue weighted by Crippen LogP contribution is -2.01. The van der Waals surface area contributed by atoms with E-state index in [-0.39, 0.29) is 11.5 Å². The minimum absolute atomic E-state index is 0.253. The highest BCUT2D eigenvalue weighted by Crippen LogP contribution is 2.26. The first-order chi connectivity index (χ1) is 10.2. The number of rotatable bonds is 4. The maximum atomic E-state index is 13.7.